The van der Waals surface area contributed by atoms with Crippen molar-refractivity contribution in [1.29, 1.82) is 0 Å². The van der Waals surface area contributed by atoms with Crippen LogP contribution in [0.15, 0.2) is 0 Å². The number of anilines is 1. The van der Waals surface area contributed by atoms with E-state index in [-0.39, 0.29) is 0 Å². The minimum absolute atomic E-state index is 0.320. The maximum atomic E-state index is 13.5. The van der Waals surface area contributed by atoms with Gasteiger partial charge in [0, 0.05) is 5.92 Å². The van der Waals surface area contributed by atoms with Gasteiger partial charge in [-0.2, -0.15) is 13.2 Å². The zero-order chi connectivity index (χ0) is 17.2. The van der Waals surface area contributed by atoms with Gasteiger partial charge in [-0.25, -0.2) is 17.6 Å². The van der Waals surface area contributed by atoms with E-state index in [0.29, 0.717) is 12.8 Å². The highest BCUT2D eigenvalue weighted by Gasteiger charge is 2.42. The van der Waals surface area contributed by atoms with E-state index in [4.69, 9.17) is 0 Å². The Balaban J connectivity index is 3.33. The highest BCUT2D eigenvalue weighted by molar-refractivity contribution is 5.92. The van der Waals surface area contributed by atoms with Crippen LogP contribution in [0.4, 0.5) is 36.4 Å². The first-order valence-corrected chi connectivity index (χ1v) is 6.26. The average molecular weight is 331 g/mol. The monoisotopic (exact) mass is 331 g/mol. The molecule has 1 N–H and O–H groups in total. The predicted molar refractivity (Wildman–Crippen MR) is 64.0 cm³/mol. The van der Waals surface area contributed by atoms with Crippen LogP contribution in [0.1, 0.15) is 32.3 Å². The number of halogens is 7. The zero-order valence-corrected chi connectivity index (χ0v) is 11.5. The molecule has 2 nitrogen and oxygen atoms in total. The third kappa shape index (κ3) is 3.50. The molecule has 0 aromatic heterocycles. The van der Waals surface area contributed by atoms with Gasteiger partial charge in [0.1, 0.15) is 11.3 Å². The molecule has 22 heavy (non-hydrogen) atoms. The minimum Gasteiger partial charge on any atom is -0.321 e. The van der Waals surface area contributed by atoms with Crippen molar-refractivity contribution in [2.45, 2.75) is 32.9 Å². The molecule has 0 spiro atoms. The zero-order valence-electron chi connectivity index (χ0n) is 11.5. The molecule has 0 aliphatic carbocycles. The summed E-state index contributed by atoms with van der Waals surface area (Å²) in [6, 6.07) is 0. The molecule has 0 bridgehead atoms. The lowest BCUT2D eigenvalue weighted by Crippen LogP contribution is -2.24. The first kappa shape index (κ1) is 18.2. The van der Waals surface area contributed by atoms with Crippen LogP contribution in [0.25, 0.3) is 0 Å². The van der Waals surface area contributed by atoms with E-state index in [0.717, 1.165) is 0 Å². The van der Waals surface area contributed by atoms with Gasteiger partial charge >= 0.3 is 6.18 Å². The third-order valence-electron chi connectivity index (χ3n) is 2.96. The summed E-state index contributed by atoms with van der Waals surface area (Å²) in [5, 5.41) is 1.59. The van der Waals surface area contributed by atoms with Crippen molar-refractivity contribution in [3.05, 3.63) is 28.8 Å². The third-order valence-corrected chi connectivity index (χ3v) is 2.96. The Kier molecular flexibility index (Phi) is 5.42. The summed E-state index contributed by atoms with van der Waals surface area (Å²) in [6.45, 7) is 3.12. The van der Waals surface area contributed by atoms with E-state index in [9.17, 15) is 35.5 Å². The predicted octanol–water partition coefficient (Wildman–Crippen LogP) is 4.64. The topological polar surface area (TPSA) is 29.1 Å². The lowest BCUT2D eigenvalue weighted by atomic mass is 10.0. The molecule has 1 rings (SSSR count). The van der Waals surface area contributed by atoms with Crippen LogP contribution in [0, 0.1) is 29.2 Å². The van der Waals surface area contributed by atoms with Crippen molar-refractivity contribution >= 4 is 11.6 Å². The molecule has 1 unspecified atom stereocenters. The summed E-state index contributed by atoms with van der Waals surface area (Å²) >= 11 is 0. The Morgan fingerprint density at radius 1 is 1.05 bits per heavy atom. The Bertz CT molecular complexity index is 554. The highest BCUT2D eigenvalue weighted by atomic mass is 19.4. The second-order valence-corrected chi connectivity index (χ2v) is 4.68. The van der Waals surface area contributed by atoms with Crippen molar-refractivity contribution in [1.82, 2.24) is 0 Å². The number of amides is 1. The normalized spacial score (nSPS) is 13.1. The molecule has 0 radical (unpaired) electrons. The summed E-state index contributed by atoms with van der Waals surface area (Å²) in [5.41, 5.74) is -4.25. The SMILES string of the molecule is CCCC(C)C(=O)Nc1c(F)c(F)c(C(F)(F)F)c(F)c1F. The molecule has 0 aliphatic rings. The number of nitrogens with one attached hydrogen (secondary N) is 1. The Hall–Kier alpha value is -1.80. The number of carbonyl (C=O) groups is 1. The van der Waals surface area contributed by atoms with Gasteiger partial charge in [0.2, 0.25) is 5.91 Å². The Morgan fingerprint density at radius 2 is 1.50 bits per heavy atom. The molecule has 124 valence electrons. The second kappa shape index (κ2) is 6.53. The molecule has 9 heteroatoms. The largest absolute Gasteiger partial charge is 0.422 e. The molecule has 0 saturated heterocycles. The Morgan fingerprint density at radius 3 is 1.86 bits per heavy atom. The minimum atomic E-state index is -5.62. The quantitative estimate of drug-likeness (QED) is 0.632. The van der Waals surface area contributed by atoms with Crippen molar-refractivity contribution in [3.63, 3.8) is 0 Å². The number of carbonyl (C=O) groups excluding carboxylic acids is 1. The summed E-state index contributed by atoms with van der Waals surface area (Å²) in [7, 11) is 0. The fourth-order valence-electron chi connectivity index (χ4n) is 1.80. The van der Waals surface area contributed by atoms with E-state index in [2.05, 4.69) is 0 Å². The molecule has 0 saturated carbocycles. The van der Waals surface area contributed by atoms with Gasteiger partial charge in [0.25, 0.3) is 0 Å². The van der Waals surface area contributed by atoms with Crippen LogP contribution in [-0.4, -0.2) is 5.91 Å². The summed E-state index contributed by atoms with van der Waals surface area (Å²) in [6.07, 6.45) is -4.75. The number of rotatable bonds is 4. The van der Waals surface area contributed by atoms with Crippen LogP contribution in [0.2, 0.25) is 0 Å². The second-order valence-electron chi connectivity index (χ2n) is 4.68. The van der Waals surface area contributed by atoms with Gasteiger partial charge in [-0.05, 0) is 6.42 Å². The molecule has 0 fully saturated rings. The summed E-state index contributed by atoms with van der Waals surface area (Å²) in [4.78, 5) is 11.6. The van der Waals surface area contributed by atoms with E-state index in [1.54, 1.807) is 12.2 Å². The van der Waals surface area contributed by atoms with Gasteiger partial charge in [0.15, 0.2) is 23.3 Å². The summed E-state index contributed by atoms with van der Waals surface area (Å²) in [5.74, 6) is -11.5. The van der Waals surface area contributed by atoms with Gasteiger partial charge in [-0.15, -0.1) is 0 Å². The van der Waals surface area contributed by atoms with Crippen LogP contribution >= 0.6 is 0 Å². The fourth-order valence-corrected chi connectivity index (χ4v) is 1.80. The van der Waals surface area contributed by atoms with Crippen molar-refractivity contribution in [3.8, 4) is 0 Å². The van der Waals surface area contributed by atoms with E-state index >= 15 is 0 Å². The fraction of sp³-hybridized carbons (Fsp3) is 0.462. The molecule has 1 amide bonds. The maximum Gasteiger partial charge on any atom is 0.422 e. The molecule has 1 atom stereocenters. The smallest absolute Gasteiger partial charge is 0.321 e. The first-order valence-electron chi connectivity index (χ1n) is 6.26. The lowest BCUT2D eigenvalue weighted by Gasteiger charge is -2.16. The highest BCUT2D eigenvalue weighted by Crippen LogP contribution is 2.38. The van der Waals surface area contributed by atoms with Crippen LogP contribution < -0.4 is 5.32 Å². The van der Waals surface area contributed by atoms with E-state index in [1.165, 1.54) is 6.92 Å². The standard InChI is InChI=1S/C13H12F7NO/c1-3-4-5(2)12(22)21-11-9(16)7(14)6(13(18,19)20)8(15)10(11)17/h5H,3-4H2,1-2H3,(H,21,22). The van der Waals surface area contributed by atoms with E-state index in [1.807, 2.05) is 0 Å². The van der Waals surface area contributed by atoms with Crippen molar-refractivity contribution in [2.75, 3.05) is 5.32 Å². The molecule has 0 heterocycles. The number of hydrogen-bond donors (Lipinski definition) is 1. The van der Waals surface area contributed by atoms with E-state index < -0.39 is 52.5 Å². The Labute approximate surface area is 121 Å². The molecular weight excluding hydrogens is 319 g/mol. The van der Waals surface area contributed by atoms with Gasteiger partial charge in [0.05, 0.1) is 0 Å². The number of alkyl halides is 3. The number of hydrogen-bond acceptors (Lipinski definition) is 1. The van der Waals surface area contributed by atoms with Crippen molar-refractivity contribution in [2.24, 2.45) is 5.92 Å². The summed E-state index contributed by atoms with van der Waals surface area (Å²) < 4.78 is 91.0. The van der Waals surface area contributed by atoms with Gasteiger partial charge < -0.3 is 5.32 Å². The van der Waals surface area contributed by atoms with Crippen molar-refractivity contribution < 1.29 is 35.5 Å². The molecule has 1 aromatic rings. The maximum absolute atomic E-state index is 13.5. The number of benzene rings is 1. The first-order chi connectivity index (χ1) is 10.0. The van der Waals surface area contributed by atoms with Crippen LogP contribution in [0.5, 0.6) is 0 Å². The molecule has 0 aliphatic heterocycles. The van der Waals surface area contributed by atoms with Crippen LogP contribution in [-0.2, 0) is 11.0 Å². The lowest BCUT2D eigenvalue weighted by molar-refractivity contribution is -0.143. The van der Waals surface area contributed by atoms with Gasteiger partial charge in [-0.3, -0.25) is 4.79 Å². The van der Waals surface area contributed by atoms with Crippen LogP contribution in [0.3, 0.4) is 0 Å². The average Bonchev–Trinajstić information content (AvgIpc) is 2.40. The van der Waals surface area contributed by atoms with Gasteiger partial charge in [-0.1, -0.05) is 20.3 Å². The molecular formula is C13H12F7NO. The molecule has 1 aromatic carbocycles.